The average molecular weight is 869 g/mol. The molecular formula is C33H27ClI2N2O6S. The van der Waals surface area contributed by atoms with Gasteiger partial charge in [0, 0.05) is 14.2 Å². The molecule has 0 N–H and O–H groups in total. The molecular weight excluding hydrogens is 842 g/mol. The molecule has 0 saturated carbocycles. The van der Waals surface area contributed by atoms with Crippen molar-refractivity contribution in [1.82, 2.24) is 4.57 Å². The van der Waals surface area contributed by atoms with Crippen LogP contribution in [-0.2, 0) is 20.9 Å². The zero-order chi connectivity index (χ0) is 32.2. The maximum Gasteiger partial charge on any atom is 0.338 e. The number of halogens is 3. The Hall–Kier alpha value is -3.01. The van der Waals surface area contributed by atoms with Crippen LogP contribution in [0.4, 0.5) is 0 Å². The SMILES string of the molecule is CCOC(=O)C1=C(C)N=c2s/c(=C\c3cc(I)cc(I)c3OCc3ccc(C(=O)OCC)cc3)c(=O)n2[C@H]1c1ccccc1Cl. The Labute approximate surface area is 295 Å². The van der Waals surface area contributed by atoms with Crippen molar-refractivity contribution in [1.29, 1.82) is 0 Å². The second-order valence-corrected chi connectivity index (χ2v) is 13.7. The number of ether oxygens (including phenoxy) is 3. The number of rotatable bonds is 9. The summed E-state index contributed by atoms with van der Waals surface area (Å²) in [5.41, 5.74) is 3.08. The Morgan fingerprint density at radius 3 is 2.40 bits per heavy atom. The van der Waals surface area contributed by atoms with Gasteiger partial charge in [-0.1, -0.05) is 53.3 Å². The number of benzene rings is 3. The van der Waals surface area contributed by atoms with Gasteiger partial charge in [0.15, 0.2) is 4.80 Å². The van der Waals surface area contributed by atoms with E-state index in [1.807, 2.05) is 30.3 Å². The summed E-state index contributed by atoms with van der Waals surface area (Å²) < 4.78 is 20.5. The number of hydrogen-bond donors (Lipinski definition) is 0. The number of allylic oxidation sites excluding steroid dienone is 1. The number of fused-ring (bicyclic) bond motifs is 1. The Bertz CT molecular complexity index is 2000. The van der Waals surface area contributed by atoms with E-state index in [9.17, 15) is 14.4 Å². The summed E-state index contributed by atoms with van der Waals surface area (Å²) in [6.07, 6.45) is 1.79. The summed E-state index contributed by atoms with van der Waals surface area (Å²) in [7, 11) is 0. The van der Waals surface area contributed by atoms with E-state index in [1.165, 1.54) is 15.9 Å². The van der Waals surface area contributed by atoms with Crippen LogP contribution in [0.5, 0.6) is 5.75 Å². The Balaban J connectivity index is 1.57. The lowest BCUT2D eigenvalue weighted by molar-refractivity contribution is -0.139. The molecule has 2 heterocycles. The molecule has 0 unspecified atom stereocenters. The fourth-order valence-electron chi connectivity index (χ4n) is 4.87. The van der Waals surface area contributed by atoms with Gasteiger partial charge in [0.25, 0.3) is 5.56 Å². The van der Waals surface area contributed by atoms with Crippen LogP contribution < -0.4 is 19.6 Å². The maximum atomic E-state index is 14.1. The third kappa shape index (κ3) is 7.21. The van der Waals surface area contributed by atoms with Gasteiger partial charge in [0.05, 0.1) is 38.1 Å². The van der Waals surface area contributed by atoms with Gasteiger partial charge < -0.3 is 14.2 Å². The van der Waals surface area contributed by atoms with Gasteiger partial charge in [-0.15, -0.1) is 0 Å². The lowest BCUT2D eigenvalue weighted by atomic mass is 9.96. The fraction of sp³-hybridized carbons (Fsp3) is 0.212. The highest BCUT2D eigenvalue weighted by atomic mass is 127. The van der Waals surface area contributed by atoms with Crippen molar-refractivity contribution in [3.63, 3.8) is 0 Å². The van der Waals surface area contributed by atoms with E-state index in [4.69, 9.17) is 25.8 Å². The quantitative estimate of drug-likeness (QED) is 0.143. The minimum absolute atomic E-state index is 0.179. The largest absolute Gasteiger partial charge is 0.487 e. The lowest BCUT2D eigenvalue weighted by Gasteiger charge is -2.25. The van der Waals surface area contributed by atoms with Crippen molar-refractivity contribution in [2.75, 3.05) is 13.2 Å². The van der Waals surface area contributed by atoms with Crippen LogP contribution in [-0.4, -0.2) is 29.7 Å². The van der Waals surface area contributed by atoms with E-state index in [1.54, 1.807) is 57.2 Å². The summed E-state index contributed by atoms with van der Waals surface area (Å²) in [4.78, 5) is 44.4. The van der Waals surface area contributed by atoms with E-state index >= 15 is 0 Å². The molecule has 12 heteroatoms. The van der Waals surface area contributed by atoms with Crippen LogP contribution in [0.3, 0.4) is 0 Å². The van der Waals surface area contributed by atoms with Gasteiger partial charge in [0.1, 0.15) is 18.4 Å². The van der Waals surface area contributed by atoms with Crippen molar-refractivity contribution in [3.05, 3.63) is 126 Å². The molecule has 232 valence electrons. The van der Waals surface area contributed by atoms with E-state index in [0.29, 0.717) is 43.5 Å². The third-order valence-electron chi connectivity index (χ3n) is 6.89. The molecule has 0 fully saturated rings. The molecule has 0 spiro atoms. The highest BCUT2D eigenvalue weighted by Gasteiger charge is 2.34. The summed E-state index contributed by atoms with van der Waals surface area (Å²) in [6.45, 7) is 5.97. The number of thiazole rings is 1. The summed E-state index contributed by atoms with van der Waals surface area (Å²) >= 11 is 12.3. The number of carbonyl (C=O) groups is 2. The van der Waals surface area contributed by atoms with E-state index < -0.39 is 12.0 Å². The minimum Gasteiger partial charge on any atom is -0.487 e. The molecule has 1 aliphatic heterocycles. The molecule has 0 aliphatic carbocycles. The van der Waals surface area contributed by atoms with Crippen LogP contribution in [0.15, 0.2) is 81.7 Å². The molecule has 1 aromatic heterocycles. The first-order chi connectivity index (χ1) is 21.6. The third-order valence-corrected chi connectivity index (χ3v) is 9.64. The van der Waals surface area contributed by atoms with Crippen LogP contribution >= 0.6 is 68.1 Å². The van der Waals surface area contributed by atoms with Crippen molar-refractivity contribution < 1.29 is 23.8 Å². The Kier molecular flexibility index (Phi) is 10.8. The van der Waals surface area contributed by atoms with Crippen molar-refractivity contribution in [2.45, 2.75) is 33.4 Å². The van der Waals surface area contributed by atoms with Crippen LogP contribution in [0.2, 0.25) is 5.02 Å². The first-order valence-electron chi connectivity index (χ1n) is 13.9. The summed E-state index contributed by atoms with van der Waals surface area (Å²) in [5.74, 6) is -0.305. The second-order valence-electron chi connectivity index (χ2n) is 9.84. The Morgan fingerprint density at radius 1 is 1.02 bits per heavy atom. The molecule has 8 nitrogen and oxygen atoms in total. The molecule has 0 bridgehead atoms. The van der Waals surface area contributed by atoms with Crippen LogP contribution in [0, 0.1) is 7.14 Å². The number of aromatic nitrogens is 1. The molecule has 5 rings (SSSR count). The number of esters is 2. The molecule has 45 heavy (non-hydrogen) atoms. The topological polar surface area (TPSA) is 96.2 Å². The predicted molar refractivity (Wildman–Crippen MR) is 190 cm³/mol. The van der Waals surface area contributed by atoms with Gasteiger partial charge >= 0.3 is 11.9 Å². The van der Waals surface area contributed by atoms with Gasteiger partial charge in [-0.2, -0.15) is 0 Å². The number of nitrogens with zero attached hydrogens (tertiary/aromatic N) is 2. The van der Waals surface area contributed by atoms with Gasteiger partial charge in [-0.05, 0) is 113 Å². The fourth-order valence-corrected chi connectivity index (χ4v) is 8.19. The first-order valence-corrected chi connectivity index (χ1v) is 17.3. The summed E-state index contributed by atoms with van der Waals surface area (Å²) in [5, 5.41) is 0.423. The van der Waals surface area contributed by atoms with E-state index in [2.05, 4.69) is 50.2 Å². The average Bonchev–Trinajstić information content (AvgIpc) is 3.30. The second kappa shape index (κ2) is 14.6. The molecule has 0 radical (unpaired) electrons. The van der Waals surface area contributed by atoms with Crippen LogP contribution in [0.25, 0.3) is 6.08 Å². The predicted octanol–water partition coefficient (Wildman–Crippen LogP) is 6.42. The monoisotopic (exact) mass is 868 g/mol. The lowest BCUT2D eigenvalue weighted by Crippen LogP contribution is -2.40. The molecule has 0 saturated heterocycles. The molecule has 1 atom stereocenters. The van der Waals surface area contributed by atoms with Crippen molar-refractivity contribution >= 4 is 86.1 Å². The van der Waals surface area contributed by atoms with Crippen molar-refractivity contribution in [3.8, 4) is 5.75 Å². The Morgan fingerprint density at radius 2 is 1.71 bits per heavy atom. The van der Waals surface area contributed by atoms with Crippen LogP contribution in [0.1, 0.15) is 53.9 Å². The van der Waals surface area contributed by atoms with E-state index in [-0.39, 0.29) is 30.3 Å². The van der Waals surface area contributed by atoms with E-state index in [0.717, 1.165) is 18.3 Å². The first kappa shape index (κ1) is 33.4. The highest BCUT2D eigenvalue weighted by Crippen LogP contribution is 2.35. The van der Waals surface area contributed by atoms with Gasteiger partial charge in [-0.3, -0.25) is 9.36 Å². The smallest absolute Gasteiger partial charge is 0.338 e. The van der Waals surface area contributed by atoms with Crippen molar-refractivity contribution in [2.24, 2.45) is 4.99 Å². The number of hydrogen-bond acceptors (Lipinski definition) is 8. The molecule has 3 aromatic carbocycles. The normalized spacial score (nSPS) is 14.5. The molecule has 1 aliphatic rings. The zero-order valence-electron chi connectivity index (χ0n) is 24.4. The van der Waals surface area contributed by atoms with Gasteiger partial charge in [-0.25, -0.2) is 14.6 Å². The highest BCUT2D eigenvalue weighted by molar-refractivity contribution is 14.1. The molecule has 0 amide bonds. The molecule has 4 aromatic rings. The standard InChI is InChI=1S/C33H27ClI2N2O6S/c1-4-42-31(40)20-12-10-19(11-13-20)17-44-29-21(14-22(35)16-25(29)36)15-26-30(39)38-28(23-8-6-7-9-24(23)34)27(32(41)43-5-2)18(3)37-33(38)45-26/h6-16,28H,4-5,17H2,1-3H3/b26-15-/t28-/m0/s1. The maximum absolute atomic E-state index is 14.1. The van der Waals surface area contributed by atoms with Gasteiger partial charge in [0.2, 0.25) is 0 Å². The minimum atomic E-state index is -0.805. The zero-order valence-corrected chi connectivity index (χ0v) is 30.3. The summed E-state index contributed by atoms with van der Waals surface area (Å²) in [6, 6.07) is 17.3. The number of carbonyl (C=O) groups excluding carboxylic acids is 2.